The van der Waals surface area contributed by atoms with Crippen molar-refractivity contribution in [3.05, 3.63) is 71.8 Å². The van der Waals surface area contributed by atoms with Crippen molar-refractivity contribution in [2.24, 2.45) is 0 Å². The maximum atomic E-state index is 11.5. The average Bonchev–Trinajstić information content (AvgIpc) is 2.64. The molecule has 0 aliphatic heterocycles. The molecule has 0 amide bonds. The molecule has 0 atom stereocenters. The number of carboxylic acids is 2. The van der Waals surface area contributed by atoms with E-state index >= 15 is 0 Å². The molecule has 2 rings (SSSR count). The minimum absolute atomic E-state index is 0.0167. The SMILES string of the molecule is O=C(O)/C(CCOc1ccccc1)=C(\CCOc1ccccc1)C(=O)O. The highest BCUT2D eigenvalue weighted by Gasteiger charge is 2.20. The zero-order valence-electron chi connectivity index (χ0n) is 14.1. The number of benzene rings is 2. The van der Waals surface area contributed by atoms with Crippen LogP contribution in [0, 0.1) is 0 Å². The van der Waals surface area contributed by atoms with Gasteiger partial charge in [0.15, 0.2) is 0 Å². The van der Waals surface area contributed by atoms with E-state index in [2.05, 4.69) is 0 Å². The Hall–Kier alpha value is -3.28. The van der Waals surface area contributed by atoms with E-state index in [1.807, 2.05) is 12.1 Å². The van der Waals surface area contributed by atoms with Gasteiger partial charge in [-0.05, 0) is 24.3 Å². The van der Waals surface area contributed by atoms with Crippen molar-refractivity contribution >= 4 is 11.9 Å². The average molecular weight is 356 g/mol. The standard InChI is InChI=1S/C20H20O6/c21-19(22)17(11-13-25-15-7-3-1-4-8-15)18(20(23)24)12-14-26-16-9-5-2-6-10-16/h1-10H,11-14H2,(H,21,22)(H,23,24)/b18-17+. The molecule has 0 unspecified atom stereocenters. The molecule has 0 aliphatic rings. The van der Waals surface area contributed by atoms with Crippen molar-refractivity contribution in [3.63, 3.8) is 0 Å². The van der Waals surface area contributed by atoms with Gasteiger partial charge < -0.3 is 19.7 Å². The quantitative estimate of drug-likeness (QED) is 0.634. The molecule has 0 saturated heterocycles. The minimum Gasteiger partial charge on any atom is -0.493 e. The zero-order chi connectivity index (χ0) is 18.8. The van der Waals surface area contributed by atoms with Crippen molar-refractivity contribution < 1.29 is 29.3 Å². The van der Waals surface area contributed by atoms with Gasteiger partial charge in [0, 0.05) is 12.8 Å². The fraction of sp³-hybridized carbons (Fsp3) is 0.200. The van der Waals surface area contributed by atoms with E-state index in [0.29, 0.717) is 11.5 Å². The van der Waals surface area contributed by atoms with Gasteiger partial charge in [-0.25, -0.2) is 9.59 Å². The summed E-state index contributed by atoms with van der Waals surface area (Å²) in [5.41, 5.74) is -0.352. The molecule has 0 aliphatic carbocycles. The van der Waals surface area contributed by atoms with Gasteiger partial charge in [0.2, 0.25) is 0 Å². The molecule has 0 bridgehead atoms. The fourth-order valence-corrected chi connectivity index (χ4v) is 2.35. The fourth-order valence-electron chi connectivity index (χ4n) is 2.35. The minimum atomic E-state index is -1.27. The zero-order valence-corrected chi connectivity index (χ0v) is 14.1. The highest BCUT2D eigenvalue weighted by atomic mass is 16.5. The van der Waals surface area contributed by atoms with Crippen LogP contribution in [0.4, 0.5) is 0 Å². The van der Waals surface area contributed by atoms with Crippen LogP contribution >= 0.6 is 0 Å². The summed E-state index contributed by atoms with van der Waals surface area (Å²) in [6, 6.07) is 17.9. The number of carbonyl (C=O) groups is 2. The summed E-state index contributed by atoms with van der Waals surface area (Å²) in [7, 11) is 0. The maximum Gasteiger partial charge on any atom is 0.332 e. The number of carboxylic acid groups (broad SMARTS) is 2. The van der Waals surface area contributed by atoms with Gasteiger partial charge in [-0.1, -0.05) is 36.4 Å². The topological polar surface area (TPSA) is 93.1 Å². The lowest BCUT2D eigenvalue weighted by molar-refractivity contribution is -0.136. The predicted octanol–water partition coefficient (Wildman–Crippen LogP) is 3.39. The predicted molar refractivity (Wildman–Crippen MR) is 95.4 cm³/mol. The van der Waals surface area contributed by atoms with Crippen LogP contribution in [0.1, 0.15) is 12.8 Å². The lowest BCUT2D eigenvalue weighted by Crippen LogP contribution is -2.16. The first kappa shape index (κ1) is 19.1. The van der Waals surface area contributed by atoms with Crippen molar-refractivity contribution in [2.45, 2.75) is 12.8 Å². The first-order valence-electron chi connectivity index (χ1n) is 8.12. The smallest absolute Gasteiger partial charge is 0.332 e. The van der Waals surface area contributed by atoms with Gasteiger partial charge in [-0.3, -0.25) is 0 Å². The van der Waals surface area contributed by atoms with E-state index in [-0.39, 0.29) is 37.2 Å². The summed E-state index contributed by atoms with van der Waals surface area (Å²) in [6.45, 7) is 0.143. The maximum absolute atomic E-state index is 11.5. The van der Waals surface area contributed by atoms with Crippen LogP contribution in [0.25, 0.3) is 0 Å². The Morgan fingerprint density at radius 3 is 1.31 bits per heavy atom. The molecule has 0 saturated carbocycles. The second-order valence-corrected chi connectivity index (χ2v) is 5.39. The third-order valence-electron chi connectivity index (χ3n) is 3.61. The van der Waals surface area contributed by atoms with Crippen LogP contribution in [0.15, 0.2) is 71.8 Å². The third kappa shape index (κ3) is 5.98. The summed E-state index contributed by atoms with van der Waals surface area (Å²) >= 11 is 0. The number of ether oxygens (including phenoxy) is 2. The van der Waals surface area contributed by atoms with E-state index in [1.54, 1.807) is 48.5 Å². The van der Waals surface area contributed by atoms with Crippen LogP contribution in [-0.2, 0) is 9.59 Å². The summed E-state index contributed by atoms with van der Waals surface area (Å²) in [5, 5.41) is 18.8. The van der Waals surface area contributed by atoms with Gasteiger partial charge in [0.25, 0.3) is 0 Å². The number of hydrogen-bond acceptors (Lipinski definition) is 4. The Bertz CT molecular complexity index is 687. The van der Waals surface area contributed by atoms with Crippen molar-refractivity contribution in [3.8, 4) is 11.5 Å². The first-order valence-corrected chi connectivity index (χ1v) is 8.12. The largest absolute Gasteiger partial charge is 0.493 e. The van der Waals surface area contributed by atoms with Crippen LogP contribution < -0.4 is 9.47 Å². The highest BCUT2D eigenvalue weighted by Crippen LogP contribution is 2.17. The highest BCUT2D eigenvalue weighted by molar-refractivity contribution is 5.98. The molecule has 0 fully saturated rings. The van der Waals surface area contributed by atoms with Crippen LogP contribution in [0.5, 0.6) is 11.5 Å². The number of hydrogen-bond donors (Lipinski definition) is 2. The first-order chi connectivity index (χ1) is 12.6. The number of rotatable bonds is 10. The summed E-state index contributed by atoms with van der Waals surface area (Å²) in [5.74, 6) is -1.33. The normalized spacial score (nSPS) is 11.4. The molecule has 0 aromatic heterocycles. The molecule has 0 spiro atoms. The van der Waals surface area contributed by atoms with E-state index in [1.165, 1.54) is 0 Å². The van der Waals surface area contributed by atoms with Crippen LogP contribution in [0.2, 0.25) is 0 Å². The van der Waals surface area contributed by atoms with Gasteiger partial charge in [-0.15, -0.1) is 0 Å². The molecule has 136 valence electrons. The van der Waals surface area contributed by atoms with Crippen LogP contribution in [-0.4, -0.2) is 35.4 Å². The molecular formula is C20H20O6. The van der Waals surface area contributed by atoms with Gasteiger partial charge in [-0.2, -0.15) is 0 Å². The Kier molecular flexibility index (Phi) is 7.24. The molecule has 2 aromatic carbocycles. The molecule has 6 heteroatoms. The molecule has 26 heavy (non-hydrogen) atoms. The molecule has 2 N–H and O–H groups in total. The third-order valence-corrected chi connectivity index (χ3v) is 3.61. The molecular weight excluding hydrogens is 336 g/mol. The Morgan fingerprint density at radius 2 is 1.00 bits per heavy atom. The van der Waals surface area contributed by atoms with Crippen molar-refractivity contribution in [1.29, 1.82) is 0 Å². The van der Waals surface area contributed by atoms with Gasteiger partial charge >= 0.3 is 11.9 Å². The van der Waals surface area contributed by atoms with Crippen molar-refractivity contribution in [2.75, 3.05) is 13.2 Å². The molecule has 0 radical (unpaired) electrons. The molecule has 0 heterocycles. The van der Waals surface area contributed by atoms with Gasteiger partial charge in [0.1, 0.15) is 11.5 Å². The van der Waals surface area contributed by atoms with Crippen LogP contribution in [0.3, 0.4) is 0 Å². The molecule has 6 nitrogen and oxygen atoms in total. The van der Waals surface area contributed by atoms with Crippen molar-refractivity contribution in [1.82, 2.24) is 0 Å². The monoisotopic (exact) mass is 356 g/mol. The second-order valence-electron chi connectivity index (χ2n) is 5.39. The lowest BCUT2D eigenvalue weighted by Gasteiger charge is -2.11. The summed E-state index contributed by atoms with van der Waals surface area (Å²) < 4.78 is 10.9. The Balaban J connectivity index is 2.00. The van der Waals surface area contributed by atoms with E-state index in [4.69, 9.17) is 9.47 Å². The van der Waals surface area contributed by atoms with Gasteiger partial charge in [0.05, 0.1) is 24.4 Å². The Morgan fingerprint density at radius 1 is 0.654 bits per heavy atom. The summed E-state index contributed by atoms with van der Waals surface area (Å²) in [6.07, 6.45) is -0.0333. The van der Waals surface area contributed by atoms with E-state index in [9.17, 15) is 19.8 Å². The second kappa shape index (κ2) is 9.88. The number of aliphatic carboxylic acids is 2. The molecule has 2 aromatic rings. The van der Waals surface area contributed by atoms with E-state index < -0.39 is 11.9 Å². The summed E-state index contributed by atoms with van der Waals surface area (Å²) in [4.78, 5) is 23.0. The number of para-hydroxylation sites is 2. The van der Waals surface area contributed by atoms with E-state index in [0.717, 1.165) is 0 Å². The lowest BCUT2D eigenvalue weighted by atomic mass is 10.0. The Labute approximate surface area is 151 Å².